The van der Waals surface area contributed by atoms with Crippen LogP contribution in [0.2, 0.25) is 13.1 Å². The van der Waals surface area contributed by atoms with Gasteiger partial charge >= 0.3 is 0 Å². The maximum Gasteiger partial charge on any atom is 0.0743 e. The standard InChI is InChI=1S/C33H28NSi.C11H8N.Ir/c1-20(2)15-21-9-10-22-11-12-25-26-13-14-34-33-29-17-23-7-5-6-8-24(23)18-30(29)35(3,4)31(32(26)33)19-28(25)27(22)16-21;1-2-6-10(7-3-1)11-8-4-5-9-12-11;/h5-14,16,18-20H,15H2,1-4H3;1-6,8-9H;/q2*-1;. The molecule has 3 heterocycles. The summed E-state index contributed by atoms with van der Waals surface area (Å²) in [4.78, 5) is 9.18. The van der Waals surface area contributed by atoms with E-state index in [4.69, 9.17) is 4.98 Å². The van der Waals surface area contributed by atoms with Gasteiger partial charge in [-0.15, -0.1) is 64.7 Å². The van der Waals surface area contributed by atoms with E-state index < -0.39 is 8.07 Å². The fourth-order valence-electron chi connectivity index (χ4n) is 7.30. The summed E-state index contributed by atoms with van der Waals surface area (Å²) in [7, 11) is -1.99. The van der Waals surface area contributed by atoms with Gasteiger partial charge in [-0.3, -0.25) is 4.98 Å². The van der Waals surface area contributed by atoms with Gasteiger partial charge in [-0.05, 0) is 68.0 Å². The Kier molecular flexibility index (Phi) is 8.60. The molecule has 4 heteroatoms. The van der Waals surface area contributed by atoms with E-state index in [1.165, 1.54) is 64.6 Å². The van der Waals surface area contributed by atoms with E-state index in [2.05, 4.69) is 117 Å². The number of hydrogen-bond donors (Lipinski definition) is 0. The Bertz CT molecular complexity index is 2400. The molecule has 237 valence electrons. The van der Waals surface area contributed by atoms with Crippen LogP contribution in [0.5, 0.6) is 0 Å². The van der Waals surface area contributed by atoms with Crippen LogP contribution in [0.15, 0.2) is 128 Å². The molecule has 0 fully saturated rings. The second-order valence-electron chi connectivity index (χ2n) is 13.6. The molecular weight excluding hydrogens is 777 g/mol. The van der Waals surface area contributed by atoms with E-state index in [0.717, 1.165) is 23.4 Å². The van der Waals surface area contributed by atoms with E-state index in [1.54, 1.807) is 6.20 Å². The first-order chi connectivity index (χ1) is 22.9. The first-order valence-corrected chi connectivity index (χ1v) is 19.5. The molecule has 0 aliphatic carbocycles. The molecule has 1 radical (unpaired) electrons. The zero-order chi connectivity index (χ0) is 32.1. The molecule has 0 N–H and O–H groups in total. The Morgan fingerprint density at radius 1 is 0.667 bits per heavy atom. The third kappa shape index (κ3) is 5.58. The van der Waals surface area contributed by atoms with Gasteiger partial charge in [-0.25, -0.2) is 0 Å². The summed E-state index contributed by atoms with van der Waals surface area (Å²) in [6.07, 6.45) is 4.89. The SMILES string of the molecule is CC(C)Cc1ccc2ccc3c4ccnc5c4c(cc3c2c1)[Si](C)(C)c1cc2ccccc2[c-]c1-5.[Ir].[c-]1ccccc1-c1ccccn1. The van der Waals surface area contributed by atoms with Gasteiger partial charge in [0.05, 0.1) is 8.07 Å². The molecule has 0 atom stereocenters. The van der Waals surface area contributed by atoms with Crippen LogP contribution in [0, 0.1) is 18.1 Å². The van der Waals surface area contributed by atoms with E-state index in [-0.39, 0.29) is 20.1 Å². The Labute approximate surface area is 297 Å². The van der Waals surface area contributed by atoms with Crippen molar-refractivity contribution in [3.63, 3.8) is 0 Å². The van der Waals surface area contributed by atoms with Gasteiger partial charge < -0.3 is 4.98 Å². The molecule has 2 nitrogen and oxygen atoms in total. The molecule has 0 saturated carbocycles. The molecule has 0 unspecified atom stereocenters. The van der Waals surface area contributed by atoms with Crippen molar-refractivity contribution in [2.75, 3.05) is 0 Å². The Morgan fingerprint density at radius 2 is 1.48 bits per heavy atom. The maximum atomic E-state index is 4.96. The van der Waals surface area contributed by atoms with Crippen molar-refractivity contribution < 1.29 is 20.1 Å². The average Bonchev–Trinajstić information content (AvgIpc) is 3.10. The second-order valence-corrected chi connectivity index (χ2v) is 17.9. The molecule has 0 saturated heterocycles. The minimum absolute atomic E-state index is 0. The van der Waals surface area contributed by atoms with Crippen molar-refractivity contribution in [2.45, 2.75) is 33.4 Å². The largest absolute Gasteiger partial charge is 0.305 e. The number of fused-ring (bicyclic) bond motifs is 7. The summed E-state index contributed by atoms with van der Waals surface area (Å²) in [5.74, 6) is 0.645. The number of nitrogens with zero attached hydrogens (tertiary/aromatic N) is 2. The van der Waals surface area contributed by atoms with Crippen LogP contribution < -0.4 is 10.4 Å². The van der Waals surface area contributed by atoms with Gasteiger partial charge in [0.1, 0.15) is 0 Å². The molecular formula is C44H36IrN2Si-2. The van der Waals surface area contributed by atoms with E-state index in [0.29, 0.717) is 5.92 Å². The Hall–Kier alpha value is -4.47. The number of benzene rings is 6. The van der Waals surface area contributed by atoms with Gasteiger partial charge in [0, 0.05) is 38.2 Å². The van der Waals surface area contributed by atoms with Crippen molar-refractivity contribution in [1.82, 2.24) is 9.97 Å². The van der Waals surface area contributed by atoms with Gasteiger partial charge in [0.2, 0.25) is 0 Å². The molecule has 48 heavy (non-hydrogen) atoms. The molecule has 1 aliphatic rings. The van der Waals surface area contributed by atoms with Crippen LogP contribution in [0.1, 0.15) is 19.4 Å². The van der Waals surface area contributed by atoms with Gasteiger partial charge in [-0.1, -0.05) is 110 Å². The summed E-state index contributed by atoms with van der Waals surface area (Å²) >= 11 is 0. The van der Waals surface area contributed by atoms with Gasteiger partial charge in [0.25, 0.3) is 0 Å². The third-order valence-electron chi connectivity index (χ3n) is 9.59. The Morgan fingerprint density at radius 3 is 2.27 bits per heavy atom. The van der Waals surface area contributed by atoms with Gasteiger partial charge in [0.15, 0.2) is 0 Å². The molecule has 9 rings (SSSR count). The van der Waals surface area contributed by atoms with Crippen LogP contribution in [0.4, 0.5) is 0 Å². The van der Waals surface area contributed by atoms with Gasteiger partial charge in [-0.2, -0.15) is 0 Å². The fourth-order valence-corrected chi connectivity index (χ4v) is 10.3. The molecule has 6 aromatic carbocycles. The summed E-state index contributed by atoms with van der Waals surface area (Å²) in [6.45, 7) is 9.60. The summed E-state index contributed by atoms with van der Waals surface area (Å²) in [5, 5.41) is 13.5. The summed E-state index contributed by atoms with van der Waals surface area (Å²) in [5.41, 5.74) is 5.74. The van der Waals surface area contributed by atoms with E-state index in [1.807, 2.05) is 48.7 Å². The molecule has 1 aliphatic heterocycles. The molecule has 0 bridgehead atoms. The summed E-state index contributed by atoms with van der Waals surface area (Å²) < 4.78 is 0. The predicted octanol–water partition coefficient (Wildman–Crippen LogP) is 10.0. The zero-order valence-electron chi connectivity index (χ0n) is 27.6. The molecule has 8 aromatic rings. The minimum atomic E-state index is -1.99. The van der Waals surface area contributed by atoms with Crippen molar-refractivity contribution in [3.05, 3.63) is 145 Å². The second kappa shape index (κ2) is 12.9. The average molecular weight is 813 g/mol. The first kappa shape index (κ1) is 32.1. The van der Waals surface area contributed by atoms with Crippen molar-refractivity contribution in [3.8, 4) is 22.5 Å². The van der Waals surface area contributed by atoms with Crippen molar-refractivity contribution in [2.24, 2.45) is 5.92 Å². The normalized spacial score (nSPS) is 12.9. The minimum Gasteiger partial charge on any atom is -0.305 e. The fraction of sp³-hybridized carbons (Fsp3) is 0.136. The number of aromatic nitrogens is 2. The first-order valence-electron chi connectivity index (χ1n) is 16.5. The quantitative estimate of drug-likeness (QED) is 0.101. The molecule has 2 aromatic heterocycles. The number of hydrogen-bond acceptors (Lipinski definition) is 2. The smallest absolute Gasteiger partial charge is 0.0743 e. The number of rotatable bonds is 3. The molecule has 0 spiro atoms. The van der Waals surface area contributed by atoms with Crippen LogP contribution >= 0.6 is 0 Å². The zero-order valence-corrected chi connectivity index (χ0v) is 31.0. The monoisotopic (exact) mass is 813 g/mol. The summed E-state index contributed by atoms with van der Waals surface area (Å²) in [6, 6.07) is 48.0. The van der Waals surface area contributed by atoms with E-state index in [9.17, 15) is 0 Å². The third-order valence-corrected chi connectivity index (χ3v) is 13.1. The van der Waals surface area contributed by atoms with Crippen molar-refractivity contribution in [1.29, 1.82) is 0 Å². The topological polar surface area (TPSA) is 25.8 Å². The number of pyridine rings is 2. The van der Waals surface area contributed by atoms with Crippen LogP contribution in [-0.2, 0) is 26.5 Å². The van der Waals surface area contributed by atoms with E-state index >= 15 is 0 Å². The maximum absolute atomic E-state index is 4.96. The Balaban J connectivity index is 0.000000237. The van der Waals surface area contributed by atoms with Crippen molar-refractivity contribution >= 4 is 61.5 Å². The van der Waals surface area contributed by atoms with Crippen LogP contribution in [-0.4, -0.2) is 18.0 Å². The predicted molar refractivity (Wildman–Crippen MR) is 202 cm³/mol. The van der Waals surface area contributed by atoms with Crippen LogP contribution in [0.3, 0.4) is 0 Å². The molecule has 0 amide bonds. The van der Waals surface area contributed by atoms with Crippen LogP contribution in [0.25, 0.3) is 65.6 Å².